The minimum Gasteiger partial charge on any atom is -0.393 e. The molecule has 4 nitrogen and oxygen atoms in total. The van der Waals surface area contributed by atoms with Gasteiger partial charge in [-0.2, -0.15) is 5.10 Å². The van der Waals surface area contributed by atoms with Crippen LogP contribution in [0.4, 0.5) is 0 Å². The summed E-state index contributed by atoms with van der Waals surface area (Å²) in [6.45, 7) is 8.38. The number of aromatic nitrogens is 2. The van der Waals surface area contributed by atoms with Crippen LogP contribution in [0.25, 0.3) is 0 Å². The molecule has 0 aliphatic heterocycles. The monoisotopic (exact) mass is 360 g/mol. The van der Waals surface area contributed by atoms with Gasteiger partial charge in [-0.3, -0.25) is 0 Å². The highest BCUT2D eigenvalue weighted by atomic mass is 79.9. The molecule has 20 heavy (non-hydrogen) atoms. The summed E-state index contributed by atoms with van der Waals surface area (Å²) >= 11 is 3.44. The highest BCUT2D eigenvalue weighted by molar-refractivity contribution is 9.10. The lowest BCUT2D eigenvalue weighted by atomic mass is 10.0. The van der Waals surface area contributed by atoms with E-state index in [1.807, 2.05) is 4.68 Å². The van der Waals surface area contributed by atoms with Gasteiger partial charge >= 0.3 is 0 Å². The Kier molecular flexibility index (Phi) is 5.45. The number of hydrogen-bond acceptors (Lipinski definition) is 3. The molecular formula is C14H25BrN2O2Si. The Morgan fingerprint density at radius 3 is 2.80 bits per heavy atom. The molecule has 0 saturated heterocycles. The molecule has 114 valence electrons. The van der Waals surface area contributed by atoms with E-state index >= 15 is 0 Å². The lowest BCUT2D eigenvalue weighted by Crippen LogP contribution is -2.22. The van der Waals surface area contributed by atoms with Crippen LogP contribution in [0.1, 0.15) is 30.9 Å². The molecule has 1 N–H and O–H groups in total. The van der Waals surface area contributed by atoms with Crippen molar-refractivity contribution in [1.29, 1.82) is 0 Å². The normalized spacial score (nSPS) is 23.4. The second-order valence-electron chi connectivity index (χ2n) is 6.90. The zero-order valence-corrected chi connectivity index (χ0v) is 15.2. The van der Waals surface area contributed by atoms with Crippen molar-refractivity contribution in [2.24, 2.45) is 0 Å². The molecule has 0 spiro atoms. The van der Waals surface area contributed by atoms with Crippen molar-refractivity contribution in [2.45, 2.75) is 63.7 Å². The number of aliphatic hydroxyl groups is 1. The Balaban J connectivity index is 1.91. The van der Waals surface area contributed by atoms with Gasteiger partial charge in [-0.25, -0.2) is 4.68 Å². The third-order valence-corrected chi connectivity index (χ3v) is 5.91. The van der Waals surface area contributed by atoms with Gasteiger partial charge < -0.3 is 9.84 Å². The van der Waals surface area contributed by atoms with E-state index in [1.165, 1.54) is 11.7 Å². The topological polar surface area (TPSA) is 47.3 Å². The van der Waals surface area contributed by atoms with E-state index < -0.39 is 8.07 Å². The molecule has 2 atom stereocenters. The fraction of sp³-hybridized carbons (Fsp3) is 0.786. The first-order valence-corrected chi connectivity index (χ1v) is 11.8. The number of rotatable bonds is 6. The van der Waals surface area contributed by atoms with Gasteiger partial charge in [0, 0.05) is 26.3 Å². The Hall–Kier alpha value is -0.173. The summed E-state index contributed by atoms with van der Waals surface area (Å²) in [6.07, 6.45) is 2.61. The fourth-order valence-corrected chi connectivity index (χ4v) is 3.77. The number of hydrogen-bond donors (Lipinski definition) is 1. The quantitative estimate of drug-likeness (QED) is 0.622. The molecule has 1 saturated carbocycles. The van der Waals surface area contributed by atoms with Gasteiger partial charge in [-0.1, -0.05) is 19.6 Å². The second kappa shape index (κ2) is 6.73. The molecule has 0 bridgehead atoms. The first-order valence-electron chi connectivity index (χ1n) is 7.34. The minimum absolute atomic E-state index is 0.157. The maximum atomic E-state index is 9.69. The molecule has 6 heteroatoms. The lowest BCUT2D eigenvalue weighted by Gasteiger charge is -2.17. The summed E-state index contributed by atoms with van der Waals surface area (Å²) in [5.74, 6) is 0.407. The van der Waals surface area contributed by atoms with Crippen LogP contribution in [0, 0.1) is 0 Å². The number of ether oxygens (including phenoxy) is 1. The van der Waals surface area contributed by atoms with Crippen LogP contribution in [-0.2, 0) is 11.5 Å². The number of halogens is 1. The van der Waals surface area contributed by atoms with Crippen molar-refractivity contribution < 1.29 is 9.84 Å². The molecule has 1 aliphatic rings. The zero-order valence-electron chi connectivity index (χ0n) is 12.6. The van der Waals surface area contributed by atoms with E-state index in [0.717, 1.165) is 30.5 Å². The van der Waals surface area contributed by atoms with Crippen LogP contribution in [0.2, 0.25) is 25.7 Å². The summed E-state index contributed by atoms with van der Waals surface area (Å²) in [7, 11) is -1.04. The van der Waals surface area contributed by atoms with Crippen molar-refractivity contribution in [2.75, 3.05) is 6.61 Å². The van der Waals surface area contributed by atoms with Crippen LogP contribution in [0.3, 0.4) is 0 Å². The van der Waals surface area contributed by atoms with Gasteiger partial charge in [-0.15, -0.1) is 0 Å². The maximum absolute atomic E-state index is 9.69. The van der Waals surface area contributed by atoms with E-state index in [9.17, 15) is 5.11 Å². The lowest BCUT2D eigenvalue weighted by molar-refractivity contribution is 0.0752. The average molecular weight is 361 g/mol. The van der Waals surface area contributed by atoms with Crippen LogP contribution in [0.5, 0.6) is 0 Å². The summed E-state index contributed by atoms with van der Waals surface area (Å²) in [5, 5.41) is 14.1. The molecule has 1 aromatic heterocycles. The first kappa shape index (κ1) is 16.2. The first-order chi connectivity index (χ1) is 9.35. The average Bonchev–Trinajstić information content (AvgIpc) is 2.90. The molecule has 1 aliphatic carbocycles. The van der Waals surface area contributed by atoms with Crippen molar-refractivity contribution >= 4 is 24.0 Å². The fourth-order valence-electron chi connectivity index (χ4n) is 2.59. The Morgan fingerprint density at radius 2 is 2.20 bits per heavy atom. The molecule has 1 aromatic rings. The maximum Gasteiger partial charge on any atom is 0.139 e. The Bertz CT molecular complexity index is 445. The highest BCUT2D eigenvalue weighted by Gasteiger charge is 2.27. The van der Waals surface area contributed by atoms with Gasteiger partial charge in [0.2, 0.25) is 0 Å². The molecule has 1 heterocycles. The molecule has 1 fully saturated rings. The van der Waals surface area contributed by atoms with Crippen molar-refractivity contribution in [3.05, 3.63) is 16.4 Å². The van der Waals surface area contributed by atoms with Crippen molar-refractivity contribution in [3.8, 4) is 0 Å². The second-order valence-corrected chi connectivity index (χ2v) is 13.3. The van der Waals surface area contributed by atoms with Gasteiger partial charge in [0.05, 0.1) is 6.10 Å². The van der Waals surface area contributed by atoms with Crippen molar-refractivity contribution in [3.63, 3.8) is 0 Å². The predicted molar refractivity (Wildman–Crippen MR) is 86.6 cm³/mol. The van der Waals surface area contributed by atoms with E-state index in [1.54, 1.807) is 0 Å². The molecule has 0 unspecified atom stereocenters. The molecule has 0 aromatic carbocycles. The van der Waals surface area contributed by atoms with Gasteiger partial charge in [-0.05, 0) is 47.3 Å². The molecule has 2 rings (SSSR count). The Labute approximate surface area is 130 Å². The minimum atomic E-state index is -1.04. The number of nitrogens with zero attached hydrogens (tertiary/aromatic N) is 2. The molecular weight excluding hydrogens is 336 g/mol. The SMILES string of the molecule is C[Si](C)(C)CCOCn1nc(Br)cc1[C@H]1CC[C@@H](O)C1. The van der Waals surface area contributed by atoms with Crippen LogP contribution in [0.15, 0.2) is 10.7 Å². The van der Waals surface area contributed by atoms with E-state index in [-0.39, 0.29) is 6.10 Å². The Morgan fingerprint density at radius 1 is 1.45 bits per heavy atom. The van der Waals surface area contributed by atoms with E-state index in [2.05, 4.69) is 46.7 Å². The summed E-state index contributed by atoms with van der Waals surface area (Å²) in [5.41, 5.74) is 1.18. The van der Waals surface area contributed by atoms with E-state index in [0.29, 0.717) is 12.6 Å². The predicted octanol–water partition coefficient (Wildman–Crippen LogP) is 3.59. The van der Waals surface area contributed by atoms with Gasteiger partial charge in [0.15, 0.2) is 0 Å². The van der Waals surface area contributed by atoms with Crippen molar-refractivity contribution in [1.82, 2.24) is 9.78 Å². The number of aliphatic hydroxyl groups excluding tert-OH is 1. The molecule has 0 radical (unpaired) electrons. The zero-order chi connectivity index (χ0) is 14.8. The summed E-state index contributed by atoms with van der Waals surface area (Å²) < 4.78 is 8.58. The summed E-state index contributed by atoms with van der Waals surface area (Å²) in [6, 6.07) is 3.23. The van der Waals surface area contributed by atoms with Gasteiger partial charge in [0.25, 0.3) is 0 Å². The smallest absolute Gasteiger partial charge is 0.139 e. The third kappa shape index (κ3) is 4.68. The highest BCUT2D eigenvalue weighted by Crippen LogP contribution is 2.35. The molecule has 0 amide bonds. The third-order valence-electron chi connectivity index (χ3n) is 3.81. The largest absolute Gasteiger partial charge is 0.393 e. The summed E-state index contributed by atoms with van der Waals surface area (Å²) in [4.78, 5) is 0. The standard InChI is InChI=1S/C14H25BrN2O2Si/c1-20(2,3)7-6-19-10-17-13(9-14(15)16-17)11-4-5-12(18)8-11/h9,11-12,18H,4-8,10H2,1-3H3/t11-,12+/m0/s1. The van der Waals surface area contributed by atoms with Gasteiger partial charge in [0.1, 0.15) is 11.3 Å². The van der Waals surface area contributed by atoms with Crippen LogP contribution >= 0.6 is 15.9 Å². The van der Waals surface area contributed by atoms with Crippen LogP contribution < -0.4 is 0 Å². The van der Waals surface area contributed by atoms with E-state index in [4.69, 9.17) is 4.74 Å². The van der Waals surface area contributed by atoms with Crippen LogP contribution in [-0.4, -0.2) is 35.7 Å².